The number of nitrogens with zero attached hydrogens (tertiary/aromatic N) is 2. The molecule has 0 spiro atoms. The van der Waals surface area contributed by atoms with Crippen molar-refractivity contribution in [3.8, 4) is 0 Å². The molecule has 6 nitrogen and oxygen atoms in total. The van der Waals surface area contributed by atoms with Crippen molar-refractivity contribution < 1.29 is 8.42 Å². The second-order valence-corrected chi connectivity index (χ2v) is 6.57. The predicted molar refractivity (Wildman–Crippen MR) is 77.7 cm³/mol. The molecule has 0 aliphatic rings. The lowest BCUT2D eigenvalue weighted by Gasteiger charge is -2.28. The van der Waals surface area contributed by atoms with Gasteiger partial charge in [0.2, 0.25) is 0 Å². The van der Waals surface area contributed by atoms with Crippen LogP contribution in [0.2, 0.25) is 0 Å². The molecular formula is C12H20N4O2S. The molecular weight excluding hydrogens is 264 g/mol. The van der Waals surface area contributed by atoms with E-state index in [1.54, 1.807) is 38.1 Å². The Morgan fingerprint density at radius 2 is 1.89 bits per heavy atom. The minimum atomic E-state index is -3.58. The Kier molecular flexibility index (Phi) is 4.54. The molecule has 106 valence electrons. The number of amidine groups is 1. The van der Waals surface area contributed by atoms with E-state index in [0.717, 1.165) is 0 Å². The number of rotatable bonds is 5. The van der Waals surface area contributed by atoms with Gasteiger partial charge in [0.05, 0.1) is 5.69 Å². The van der Waals surface area contributed by atoms with Crippen LogP contribution in [0.4, 0.5) is 5.69 Å². The highest BCUT2D eigenvalue weighted by Crippen LogP contribution is 2.20. The maximum atomic E-state index is 12.3. The Balaban J connectivity index is 3.16. The van der Waals surface area contributed by atoms with Crippen molar-refractivity contribution in [2.75, 3.05) is 18.4 Å². The van der Waals surface area contributed by atoms with E-state index < -0.39 is 10.2 Å². The highest BCUT2D eigenvalue weighted by Gasteiger charge is 2.26. The molecule has 7 heteroatoms. The molecule has 3 N–H and O–H groups in total. The van der Waals surface area contributed by atoms with Crippen LogP contribution in [-0.4, -0.2) is 38.7 Å². The lowest BCUT2D eigenvalue weighted by molar-refractivity contribution is 0.409. The number of benzene rings is 1. The zero-order chi connectivity index (χ0) is 14.8. The number of hydrogen-bond donors (Lipinski definition) is 2. The molecule has 0 atom stereocenters. The maximum Gasteiger partial charge on any atom is 0.303 e. The monoisotopic (exact) mass is 284 g/mol. The highest BCUT2D eigenvalue weighted by molar-refractivity contribution is 7.90. The fraction of sp³-hybridized carbons (Fsp3) is 0.417. The minimum absolute atomic E-state index is 0.0927. The molecule has 1 aromatic rings. The topological polar surface area (TPSA) is 90.5 Å². The average molecular weight is 284 g/mol. The van der Waals surface area contributed by atoms with Crippen LogP contribution in [0.1, 0.15) is 19.4 Å². The third-order valence-corrected chi connectivity index (χ3v) is 5.01. The summed E-state index contributed by atoms with van der Waals surface area (Å²) < 4.78 is 27.1. The first kappa shape index (κ1) is 15.5. The van der Waals surface area contributed by atoms with E-state index >= 15 is 0 Å². The van der Waals surface area contributed by atoms with Crippen molar-refractivity contribution in [1.82, 2.24) is 4.31 Å². The molecule has 0 amide bonds. The quantitative estimate of drug-likeness (QED) is 0.624. The Morgan fingerprint density at radius 3 is 2.37 bits per heavy atom. The SMILES string of the molecule is CC(C)N(C)S(=O)(=O)N(C)c1cccc(C(=N)N)c1. The van der Waals surface area contributed by atoms with Crippen LogP contribution >= 0.6 is 0 Å². The van der Waals surface area contributed by atoms with Gasteiger partial charge in [-0.1, -0.05) is 12.1 Å². The summed E-state index contributed by atoms with van der Waals surface area (Å²) in [5, 5.41) is 7.38. The molecule has 0 aliphatic carbocycles. The first-order valence-electron chi connectivity index (χ1n) is 5.84. The number of nitrogens with one attached hydrogen (secondary N) is 1. The molecule has 0 fully saturated rings. The normalized spacial score (nSPS) is 11.9. The van der Waals surface area contributed by atoms with E-state index in [4.69, 9.17) is 11.1 Å². The van der Waals surface area contributed by atoms with Crippen molar-refractivity contribution in [3.63, 3.8) is 0 Å². The molecule has 0 aliphatic heterocycles. The van der Waals surface area contributed by atoms with Gasteiger partial charge in [0.25, 0.3) is 0 Å². The summed E-state index contributed by atoms with van der Waals surface area (Å²) >= 11 is 0. The molecule has 0 saturated heterocycles. The Labute approximate surface area is 114 Å². The fourth-order valence-corrected chi connectivity index (χ4v) is 2.76. The lowest BCUT2D eigenvalue weighted by Crippen LogP contribution is -2.43. The van der Waals surface area contributed by atoms with Crippen molar-refractivity contribution >= 4 is 21.7 Å². The lowest BCUT2D eigenvalue weighted by atomic mass is 10.2. The zero-order valence-electron chi connectivity index (χ0n) is 11.6. The standard InChI is InChI=1S/C12H20N4O2S/c1-9(2)15(3)19(17,18)16(4)11-7-5-6-10(8-11)12(13)14/h5-9H,1-4H3,(H3,13,14). The summed E-state index contributed by atoms with van der Waals surface area (Å²) in [5.41, 5.74) is 6.37. The smallest absolute Gasteiger partial charge is 0.303 e. The molecule has 0 saturated carbocycles. The third kappa shape index (κ3) is 3.24. The van der Waals surface area contributed by atoms with Gasteiger partial charge in [-0.05, 0) is 26.0 Å². The van der Waals surface area contributed by atoms with Crippen molar-refractivity contribution in [1.29, 1.82) is 5.41 Å². The van der Waals surface area contributed by atoms with Gasteiger partial charge in [-0.15, -0.1) is 0 Å². The summed E-state index contributed by atoms with van der Waals surface area (Å²) in [6.07, 6.45) is 0. The van der Waals surface area contributed by atoms with Crippen LogP contribution in [0.5, 0.6) is 0 Å². The second kappa shape index (κ2) is 5.58. The van der Waals surface area contributed by atoms with Gasteiger partial charge in [0.1, 0.15) is 5.84 Å². The van der Waals surface area contributed by atoms with Crippen LogP contribution in [-0.2, 0) is 10.2 Å². The molecule has 0 unspecified atom stereocenters. The number of anilines is 1. The van der Waals surface area contributed by atoms with Crippen molar-refractivity contribution in [3.05, 3.63) is 29.8 Å². The highest BCUT2D eigenvalue weighted by atomic mass is 32.2. The summed E-state index contributed by atoms with van der Waals surface area (Å²) in [5.74, 6) is -0.0927. The van der Waals surface area contributed by atoms with Crippen LogP contribution in [0.25, 0.3) is 0 Å². The minimum Gasteiger partial charge on any atom is -0.384 e. The Bertz CT molecular complexity index is 569. The molecule has 1 aromatic carbocycles. The third-order valence-electron chi connectivity index (χ3n) is 2.96. The van der Waals surface area contributed by atoms with Crippen LogP contribution in [0.15, 0.2) is 24.3 Å². The zero-order valence-corrected chi connectivity index (χ0v) is 12.4. The van der Waals surface area contributed by atoms with E-state index in [1.807, 2.05) is 0 Å². The first-order chi connectivity index (χ1) is 8.67. The van der Waals surface area contributed by atoms with Crippen molar-refractivity contribution in [2.24, 2.45) is 5.73 Å². The van der Waals surface area contributed by atoms with Gasteiger partial charge in [-0.3, -0.25) is 9.71 Å². The van der Waals surface area contributed by atoms with Gasteiger partial charge >= 0.3 is 10.2 Å². The van der Waals surface area contributed by atoms with E-state index in [9.17, 15) is 8.42 Å². The van der Waals surface area contributed by atoms with Crippen LogP contribution in [0, 0.1) is 5.41 Å². The first-order valence-corrected chi connectivity index (χ1v) is 7.24. The van der Waals surface area contributed by atoms with E-state index in [0.29, 0.717) is 11.3 Å². The Morgan fingerprint density at radius 1 is 1.32 bits per heavy atom. The largest absolute Gasteiger partial charge is 0.384 e. The van der Waals surface area contributed by atoms with E-state index in [2.05, 4.69) is 0 Å². The molecule has 1 rings (SSSR count). The second-order valence-electron chi connectivity index (χ2n) is 4.55. The van der Waals surface area contributed by atoms with Gasteiger partial charge < -0.3 is 5.73 Å². The maximum absolute atomic E-state index is 12.3. The van der Waals surface area contributed by atoms with Crippen LogP contribution in [0.3, 0.4) is 0 Å². The molecule has 0 radical (unpaired) electrons. The molecule has 19 heavy (non-hydrogen) atoms. The van der Waals surface area contributed by atoms with Crippen molar-refractivity contribution in [2.45, 2.75) is 19.9 Å². The number of nitrogens with two attached hydrogens (primary N) is 1. The predicted octanol–water partition coefficient (Wildman–Crippen LogP) is 0.992. The molecule has 0 aromatic heterocycles. The van der Waals surface area contributed by atoms with Gasteiger partial charge in [0.15, 0.2) is 0 Å². The number of nitrogen functional groups attached to an aromatic ring is 1. The van der Waals surface area contributed by atoms with E-state index in [1.165, 1.54) is 22.7 Å². The molecule has 0 heterocycles. The fourth-order valence-electron chi connectivity index (χ4n) is 1.46. The summed E-state index contributed by atoms with van der Waals surface area (Å²) in [7, 11) is -0.566. The summed E-state index contributed by atoms with van der Waals surface area (Å²) in [4.78, 5) is 0. The van der Waals surface area contributed by atoms with E-state index in [-0.39, 0.29) is 11.9 Å². The number of hydrogen-bond acceptors (Lipinski definition) is 3. The summed E-state index contributed by atoms with van der Waals surface area (Å²) in [6.45, 7) is 3.61. The van der Waals surface area contributed by atoms with Gasteiger partial charge in [-0.25, -0.2) is 0 Å². The summed E-state index contributed by atoms with van der Waals surface area (Å²) in [6, 6.07) is 6.45. The van der Waals surface area contributed by atoms with Crippen LogP contribution < -0.4 is 10.0 Å². The average Bonchev–Trinajstić information content (AvgIpc) is 2.36. The molecule has 0 bridgehead atoms. The van der Waals surface area contributed by atoms with Gasteiger partial charge in [-0.2, -0.15) is 12.7 Å². The van der Waals surface area contributed by atoms with Gasteiger partial charge in [0, 0.05) is 25.7 Å². The Hall–Kier alpha value is -1.60.